The Morgan fingerprint density at radius 1 is 0.618 bits per heavy atom. The number of nitrogens with one attached hydrogen (secondary N) is 6. The fraction of sp³-hybridized carbons (Fsp3) is 0.545. The fourth-order valence-corrected chi connectivity index (χ4v) is 11.0. The van der Waals surface area contributed by atoms with Crippen LogP contribution in [0.15, 0.2) is 36.4 Å². The third-order valence-electron chi connectivity index (χ3n) is 12.5. The molecule has 0 radical (unpaired) electrons. The Hall–Kier alpha value is -5.78. The first-order valence-corrected chi connectivity index (χ1v) is 23.9. The van der Waals surface area contributed by atoms with E-state index in [4.69, 9.17) is 0 Å². The zero-order valence-electron chi connectivity index (χ0n) is 36.6. The summed E-state index contributed by atoms with van der Waals surface area (Å²) < 4.78 is 83.5. The van der Waals surface area contributed by atoms with Gasteiger partial charge in [0.05, 0.1) is 20.4 Å². The van der Waals surface area contributed by atoms with Crippen molar-refractivity contribution in [2.45, 2.75) is 128 Å². The van der Waals surface area contributed by atoms with Gasteiger partial charge in [-0.1, -0.05) is 61.2 Å². The van der Waals surface area contributed by atoms with Crippen LogP contribution in [0.2, 0.25) is 0 Å². The SMILES string of the molecule is O=C(CC1(CNC(=O)[C@H]2CCC(=O)N2)CCCCC1)Nc1nc2ccc(OC(F)(F)F)cc2s1.O=C(CC1(CNC(=O)[C@H]2CCC(=O)N2)CCCCC1)Nc1nc2ccc(OC(F)(F)F)cc2s1. The summed E-state index contributed by atoms with van der Waals surface area (Å²) in [6.45, 7) is 0.674. The van der Waals surface area contributed by atoms with Crippen molar-refractivity contribution in [3.8, 4) is 11.5 Å². The first-order chi connectivity index (χ1) is 32.2. The summed E-state index contributed by atoms with van der Waals surface area (Å²) in [5, 5.41) is 17.2. The third kappa shape index (κ3) is 14.1. The van der Waals surface area contributed by atoms with Crippen LogP contribution in [0.4, 0.5) is 36.6 Å². The Morgan fingerprint density at radius 3 is 1.34 bits per heavy atom. The molecule has 4 fully saturated rings. The maximum absolute atomic E-state index is 12.9. The van der Waals surface area contributed by atoms with E-state index in [1.165, 1.54) is 36.4 Å². The number of amides is 6. The normalized spacial score (nSPS) is 20.1. The largest absolute Gasteiger partial charge is 0.573 e. The van der Waals surface area contributed by atoms with Gasteiger partial charge < -0.3 is 41.4 Å². The molecule has 0 spiro atoms. The van der Waals surface area contributed by atoms with E-state index in [9.17, 15) is 55.1 Å². The lowest BCUT2D eigenvalue weighted by molar-refractivity contribution is -0.275. The number of hydrogen-bond acceptors (Lipinski definition) is 12. The molecule has 2 aromatic carbocycles. The first kappa shape index (κ1) is 50.1. The number of benzene rings is 2. The molecular formula is C44H50F6N8O8S2. The monoisotopic (exact) mass is 996 g/mol. The number of alkyl halides is 6. The fourth-order valence-electron chi connectivity index (χ4n) is 9.17. The van der Waals surface area contributed by atoms with Crippen LogP contribution in [0.5, 0.6) is 11.5 Å². The second kappa shape index (κ2) is 21.2. The number of thiazole rings is 2. The highest BCUT2D eigenvalue weighted by atomic mass is 32.1. The molecule has 2 aliphatic carbocycles. The molecule has 4 aromatic rings. The van der Waals surface area contributed by atoms with Crippen LogP contribution in [0, 0.1) is 10.8 Å². The van der Waals surface area contributed by atoms with Crippen molar-refractivity contribution in [1.82, 2.24) is 31.2 Å². The molecular weight excluding hydrogens is 947 g/mol. The summed E-state index contributed by atoms with van der Waals surface area (Å²) in [5.41, 5.74) is 0.108. The number of hydrogen-bond donors (Lipinski definition) is 6. The van der Waals surface area contributed by atoms with Crippen molar-refractivity contribution in [2.24, 2.45) is 10.8 Å². The minimum atomic E-state index is -4.79. The van der Waals surface area contributed by atoms with Gasteiger partial charge in [0.25, 0.3) is 0 Å². The van der Waals surface area contributed by atoms with Gasteiger partial charge in [0.15, 0.2) is 10.3 Å². The molecule has 6 N–H and O–H groups in total. The van der Waals surface area contributed by atoms with E-state index in [0.717, 1.165) is 86.9 Å². The highest BCUT2D eigenvalue weighted by Gasteiger charge is 2.39. The summed E-state index contributed by atoms with van der Waals surface area (Å²) in [6, 6.07) is 6.56. The minimum absolute atomic E-state index is 0.139. The third-order valence-corrected chi connectivity index (χ3v) is 14.3. The lowest BCUT2D eigenvalue weighted by atomic mass is 9.71. The second-order valence-electron chi connectivity index (χ2n) is 17.7. The second-order valence-corrected chi connectivity index (χ2v) is 19.8. The van der Waals surface area contributed by atoms with Crippen molar-refractivity contribution < 1.29 is 64.6 Å². The molecule has 2 aliphatic heterocycles. The molecule has 8 rings (SSSR count). The summed E-state index contributed by atoms with van der Waals surface area (Å²) in [4.78, 5) is 82.0. The van der Waals surface area contributed by atoms with Gasteiger partial charge in [0.1, 0.15) is 23.6 Å². The van der Waals surface area contributed by atoms with Gasteiger partial charge in [0.2, 0.25) is 35.4 Å². The average molecular weight is 997 g/mol. The Balaban J connectivity index is 0.000000201. The van der Waals surface area contributed by atoms with E-state index in [1.54, 1.807) is 0 Å². The van der Waals surface area contributed by atoms with Crippen LogP contribution in [0.25, 0.3) is 20.4 Å². The van der Waals surface area contributed by atoms with Crippen LogP contribution in [0.1, 0.15) is 103 Å². The van der Waals surface area contributed by atoms with Crippen LogP contribution in [-0.2, 0) is 28.8 Å². The van der Waals surface area contributed by atoms with Gasteiger partial charge in [-0.3, -0.25) is 28.8 Å². The summed E-state index contributed by atoms with van der Waals surface area (Å²) >= 11 is 2.12. The zero-order chi connectivity index (χ0) is 48.7. The standard InChI is InChI=1S/2C22H25F3N4O4S/c2*23-22(24,25)33-13-4-5-14-16(10-13)34-20(28-14)29-18(31)11-21(8-2-1-3-9-21)12-26-19(32)15-6-7-17(30)27-15/h2*4-5,10,15H,1-3,6-9,11-12H2,(H,26,32)(H,27,30)(H,28,29,31)/t2*15-/m11/s1. The van der Waals surface area contributed by atoms with Gasteiger partial charge in [-0.25, -0.2) is 9.97 Å². The smallest absolute Gasteiger partial charge is 0.406 e. The Bertz CT molecular complexity index is 2330. The topological polar surface area (TPSA) is 219 Å². The maximum atomic E-state index is 12.9. The average Bonchev–Trinajstić information content (AvgIpc) is 4.08. The number of carbonyl (C=O) groups is 6. The Morgan fingerprint density at radius 2 is 1.00 bits per heavy atom. The molecule has 24 heteroatoms. The number of halogens is 6. The van der Waals surface area contributed by atoms with Gasteiger partial charge >= 0.3 is 12.7 Å². The van der Waals surface area contributed by atoms with E-state index in [2.05, 4.69) is 51.3 Å². The predicted octanol–water partition coefficient (Wildman–Crippen LogP) is 7.74. The molecule has 2 atom stereocenters. The molecule has 6 amide bonds. The van der Waals surface area contributed by atoms with E-state index >= 15 is 0 Å². The lowest BCUT2D eigenvalue weighted by Gasteiger charge is -2.37. The number of aromatic nitrogens is 2. The molecule has 2 aromatic heterocycles. The van der Waals surface area contributed by atoms with Gasteiger partial charge in [-0.05, 0) is 73.6 Å². The number of fused-ring (bicyclic) bond motifs is 2. The molecule has 4 aliphatic rings. The van der Waals surface area contributed by atoms with Gasteiger partial charge in [-0.15, -0.1) is 26.3 Å². The van der Waals surface area contributed by atoms with Crippen molar-refractivity contribution in [1.29, 1.82) is 0 Å². The predicted molar refractivity (Wildman–Crippen MR) is 238 cm³/mol. The van der Waals surface area contributed by atoms with Crippen molar-refractivity contribution in [3.63, 3.8) is 0 Å². The molecule has 368 valence electrons. The Kier molecular flexibility index (Phi) is 15.7. The van der Waals surface area contributed by atoms with E-state index in [0.29, 0.717) is 59.2 Å². The highest BCUT2D eigenvalue weighted by molar-refractivity contribution is 7.22. The molecule has 2 saturated carbocycles. The first-order valence-electron chi connectivity index (χ1n) is 22.3. The summed E-state index contributed by atoms with van der Waals surface area (Å²) in [6.07, 6.45) is 1.46. The zero-order valence-corrected chi connectivity index (χ0v) is 38.2. The van der Waals surface area contributed by atoms with Gasteiger partial charge in [0, 0.05) is 50.9 Å². The highest BCUT2D eigenvalue weighted by Crippen LogP contribution is 2.41. The molecule has 2 saturated heterocycles. The van der Waals surface area contributed by atoms with E-state index in [-0.39, 0.29) is 70.0 Å². The number of carbonyl (C=O) groups excluding carboxylic acids is 6. The van der Waals surface area contributed by atoms with Crippen molar-refractivity contribution in [3.05, 3.63) is 36.4 Å². The molecule has 0 unspecified atom stereocenters. The summed E-state index contributed by atoms with van der Waals surface area (Å²) in [7, 11) is 0. The van der Waals surface area contributed by atoms with E-state index < -0.39 is 35.6 Å². The number of anilines is 2. The van der Waals surface area contributed by atoms with E-state index in [1.807, 2.05) is 0 Å². The quantitative estimate of drug-likeness (QED) is 0.0675. The van der Waals surface area contributed by atoms with Crippen LogP contribution in [-0.4, -0.2) is 83.3 Å². The molecule has 16 nitrogen and oxygen atoms in total. The van der Waals surface area contributed by atoms with Crippen molar-refractivity contribution in [2.75, 3.05) is 23.7 Å². The maximum Gasteiger partial charge on any atom is 0.573 e. The summed E-state index contributed by atoms with van der Waals surface area (Å²) in [5.74, 6) is -1.99. The molecule has 0 bridgehead atoms. The Labute approximate surface area is 393 Å². The number of rotatable bonds is 14. The molecule has 68 heavy (non-hydrogen) atoms. The van der Waals surface area contributed by atoms with Crippen LogP contribution in [0.3, 0.4) is 0 Å². The van der Waals surface area contributed by atoms with Crippen LogP contribution >= 0.6 is 22.7 Å². The van der Waals surface area contributed by atoms with Crippen LogP contribution < -0.4 is 41.4 Å². The molecule has 4 heterocycles. The van der Waals surface area contributed by atoms with Gasteiger partial charge in [-0.2, -0.15) is 0 Å². The van der Waals surface area contributed by atoms with Crippen molar-refractivity contribution >= 4 is 88.8 Å². The number of ether oxygens (including phenoxy) is 2. The number of nitrogens with zero attached hydrogens (tertiary/aromatic N) is 2. The minimum Gasteiger partial charge on any atom is -0.406 e. The lowest BCUT2D eigenvalue weighted by Crippen LogP contribution is -2.47.